The molecule has 57 heavy (non-hydrogen) atoms. The number of hydrogen-bond acceptors (Lipinski definition) is 2. The molecule has 266 valence electrons. The Morgan fingerprint density at radius 2 is 0.772 bits per heavy atom. The Kier molecular flexibility index (Phi) is 6.88. The minimum absolute atomic E-state index is 0.493. The Hall–Kier alpha value is -7.42. The number of anilines is 3. The standard InChI is InChI=1S/C55H35NO/c1-2-14-38(15-3-1)56(39-29-26-36(27-30-39)37-28-32-45-43-18-5-4-16-41(43)42-17-6-7-19-44(42)47(45)34-37)40-31-33-50-48(35-40)46-20-8-9-21-49(46)55(50)51-22-10-12-24-53(51)57-54-25-13-11-23-52(54)55/h1-35H. The van der Waals surface area contributed by atoms with Crippen LogP contribution < -0.4 is 9.64 Å². The summed E-state index contributed by atoms with van der Waals surface area (Å²) in [6.45, 7) is 0. The predicted octanol–water partition coefficient (Wildman–Crippen LogP) is 14.8. The second kappa shape index (κ2) is 12.3. The summed E-state index contributed by atoms with van der Waals surface area (Å²) in [5.74, 6) is 1.81. The van der Waals surface area contributed by atoms with Crippen molar-refractivity contribution in [1.29, 1.82) is 0 Å². The van der Waals surface area contributed by atoms with Gasteiger partial charge in [0.15, 0.2) is 0 Å². The molecule has 1 spiro atoms. The Bertz CT molecular complexity index is 3140. The third-order valence-electron chi connectivity index (χ3n) is 12.3. The van der Waals surface area contributed by atoms with Gasteiger partial charge in [-0.15, -0.1) is 0 Å². The van der Waals surface area contributed by atoms with Crippen molar-refractivity contribution in [2.75, 3.05) is 4.90 Å². The van der Waals surface area contributed by atoms with Crippen LogP contribution in [0.25, 0.3) is 54.6 Å². The van der Waals surface area contributed by atoms with Crippen molar-refractivity contribution in [3.8, 4) is 33.8 Å². The second-order valence-corrected chi connectivity index (χ2v) is 15.2. The molecule has 1 heterocycles. The van der Waals surface area contributed by atoms with Crippen molar-refractivity contribution >= 4 is 49.4 Å². The SMILES string of the molecule is c1ccc(N(c2ccc(-c3ccc4c5ccccc5c5ccccc5c4c3)cc2)c2ccc3c(c2)-c2ccccc2C32c3ccccc3Oc3ccccc32)cc1. The summed E-state index contributed by atoms with van der Waals surface area (Å²) in [6, 6.07) is 77.3. The highest BCUT2D eigenvalue weighted by Gasteiger charge is 2.51. The van der Waals surface area contributed by atoms with Crippen LogP contribution in [0.5, 0.6) is 11.5 Å². The average molecular weight is 726 g/mol. The molecule has 0 radical (unpaired) electrons. The highest BCUT2D eigenvalue weighted by atomic mass is 16.5. The van der Waals surface area contributed by atoms with E-state index in [4.69, 9.17) is 4.74 Å². The Labute approximate surface area is 331 Å². The molecule has 0 unspecified atom stereocenters. The van der Waals surface area contributed by atoms with Crippen molar-refractivity contribution in [1.82, 2.24) is 0 Å². The molecule has 0 aromatic heterocycles. The number of fused-ring (bicyclic) bond motifs is 15. The van der Waals surface area contributed by atoms with Gasteiger partial charge in [0.1, 0.15) is 11.5 Å². The predicted molar refractivity (Wildman–Crippen MR) is 236 cm³/mol. The summed E-state index contributed by atoms with van der Waals surface area (Å²) in [5, 5.41) is 7.73. The van der Waals surface area contributed by atoms with Gasteiger partial charge in [-0.3, -0.25) is 0 Å². The number of benzene rings is 10. The molecule has 0 saturated carbocycles. The fraction of sp³-hybridized carbons (Fsp3) is 0.0182. The lowest BCUT2D eigenvalue weighted by molar-refractivity contribution is 0.436. The van der Waals surface area contributed by atoms with E-state index >= 15 is 0 Å². The maximum Gasteiger partial charge on any atom is 0.132 e. The minimum atomic E-state index is -0.493. The third-order valence-corrected chi connectivity index (χ3v) is 12.3. The van der Waals surface area contributed by atoms with E-state index in [-0.39, 0.29) is 0 Å². The van der Waals surface area contributed by atoms with Gasteiger partial charge in [-0.25, -0.2) is 0 Å². The minimum Gasteiger partial charge on any atom is -0.457 e. The van der Waals surface area contributed by atoms with E-state index in [1.54, 1.807) is 0 Å². The Morgan fingerprint density at radius 3 is 1.44 bits per heavy atom. The molecule has 2 aliphatic rings. The van der Waals surface area contributed by atoms with Gasteiger partial charge in [0.05, 0.1) is 5.41 Å². The fourth-order valence-electron chi connectivity index (χ4n) is 9.90. The molecule has 12 rings (SSSR count). The van der Waals surface area contributed by atoms with Crippen LogP contribution in [0, 0.1) is 0 Å². The molecule has 2 nitrogen and oxygen atoms in total. The lowest BCUT2D eigenvalue weighted by atomic mass is 9.66. The number of para-hydroxylation sites is 3. The molecule has 10 aromatic rings. The van der Waals surface area contributed by atoms with E-state index in [0.29, 0.717) is 0 Å². The largest absolute Gasteiger partial charge is 0.457 e. The van der Waals surface area contributed by atoms with Crippen LogP contribution in [0.3, 0.4) is 0 Å². The molecule has 10 aromatic carbocycles. The zero-order valence-corrected chi connectivity index (χ0v) is 31.1. The first-order chi connectivity index (χ1) is 28.3. The Balaban J connectivity index is 1.01. The summed E-state index contributed by atoms with van der Waals surface area (Å²) < 4.78 is 6.56. The van der Waals surface area contributed by atoms with Crippen LogP contribution in [0.15, 0.2) is 212 Å². The van der Waals surface area contributed by atoms with Gasteiger partial charge in [-0.05, 0) is 120 Å². The molecule has 0 N–H and O–H groups in total. The first kappa shape index (κ1) is 31.9. The van der Waals surface area contributed by atoms with Gasteiger partial charge in [0.2, 0.25) is 0 Å². The van der Waals surface area contributed by atoms with Gasteiger partial charge in [-0.1, -0.05) is 158 Å². The van der Waals surface area contributed by atoms with Crippen molar-refractivity contribution in [2.45, 2.75) is 5.41 Å². The number of rotatable bonds is 4. The smallest absolute Gasteiger partial charge is 0.132 e. The van der Waals surface area contributed by atoms with E-state index in [1.807, 2.05) is 0 Å². The highest BCUT2D eigenvalue weighted by molar-refractivity contribution is 6.25. The summed E-state index contributed by atoms with van der Waals surface area (Å²) in [6.07, 6.45) is 0. The molecule has 2 heteroatoms. The van der Waals surface area contributed by atoms with Crippen LogP contribution in [0.2, 0.25) is 0 Å². The average Bonchev–Trinajstić information content (AvgIpc) is 3.57. The number of ether oxygens (including phenoxy) is 1. The summed E-state index contributed by atoms with van der Waals surface area (Å²) >= 11 is 0. The maximum atomic E-state index is 6.56. The topological polar surface area (TPSA) is 12.5 Å². The fourth-order valence-corrected chi connectivity index (χ4v) is 9.90. The molecule has 1 aliphatic heterocycles. The molecular formula is C55H35NO. The van der Waals surface area contributed by atoms with Crippen LogP contribution in [0.1, 0.15) is 22.3 Å². The van der Waals surface area contributed by atoms with Crippen molar-refractivity contribution < 1.29 is 4.74 Å². The molecule has 0 atom stereocenters. The van der Waals surface area contributed by atoms with Crippen molar-refractivity contribution in [2.24, 2.45) is 0 Å². The monoisotopic (exact) mass is 725 g/mol. The van der Waals surface area contributed by atoms with E-state index in [1.165, 1.54) is 76.8 Å². The van der Waals surface area contributed by atoms with E-state index in [2.05, 4.69) is 217 Å². The van der Waals surface area contributed by atoms with Gasteiger partial charge < -0.3 is 9.64 Å². The Morgan fingerprint density at radius 1 is 0.298 bits per heavy atom. The summed E-state index contributed by atoms with van der Waals surface area (Å²) in [4.78, 5) is 2.38. The van der Waals surface area contributed by atoms with Gasteiger partial charge in [0.25, 0.3) is 0 Å². The van der Waals surface area contributed by atoms with Crippen LogP contribution in [0.4, 0.5) is 17.1 Å². The van der Waals surface area contributed by atoms with E-state index in [0.717, 1.165) is 28.6 Å². The molecular weight excluding hydrogens is 691 g/mol. The van der Waals surface area contributed by atoms with Crippen molar-refractivity contribution in [3.05, 3.63) is 235 Å². The quantitative estimate of drug-likeness (QED) is 0.168. The molecule has 0 amide bonds. The number of nitrogens with zero attached hydrogens (tertiary/aromatic N) is 1. The molecule has 0 fully saturated rings. The van der Waals surface area contributed by atoms with Crippen LogP contribution in [-0.4, -0.2) is 0 Å². The molecule has 0 bridgehead atoms. The summed E-state index contributed by atoms with van der Waals surface area (Å²) in [5.41, 5.74) is 12.6. The van der Waals surface area contributed by atoms with Gasteiger partial charge in [-0.2, -0.15) is 0 Å². The lowest BCUT2D eigenvalue weighted by Crippen LogP contribution is -2.32. The van der Waals surface area contributed by atoms with Gasteiger partial charge >= 0.3 is 0 Å². The van der Waals surface area contributed by atoms with E-state index in [9.17, 15) is 0 Å². The van der Waals surface area contributed by atoms with Gasteiger partial charge in [0, 0.05) is 28.2 Å². The second-order valence-electron chi connectivity index (χ2n) is 15.2. The molecule has 0 saturated heterocycles. The van der Waals surface area contributed by atoms with E-state index < -0.39 is 5.41 Å². The zero-order valence-electron chi connectivity index (χ0n) is 31.1. The third kappa shape index (κ3) is 4.59. The van der Waals surface area contributed by atoms with Crippen molar-refractivity contribution in [3.63, 3.8) is 0 Å². The number of hydrogen-bond donors (Lipinski definition) is 0. The molecule has 1 aliphatic carbocycles. The first-order valence-corrected chi connectivity index (χ1v) is 19.7. The van der Waals surface area contributed by atoms with Crippen LogP contribution >= 0.6 is 0 Å². The first-order valence-electron chi connectivity index (χ1n) is 19.7. The highest BCUT2D eigenvalue weighted by Crippen LogP contribution is 2.62. The zero-order chi connectivity index (χ0) is 37.5. The maximum absolute atomic E-state index is 6.56. The lowest BCUT2D eigenvalue weighted by Gasteiger charge is -2.39. The summed E-state index contributed by atoms with van der Waals surface area (Å²) in [7, 11) is 0. The normalized spacial score (nSPS) is 13.2. The van der Waals surface area contributed by atoms with Crippen LogP contribution in [-0.2, 0) is 5.41 Å².